The van der Waals surface area contributed by atoms with Crippen molar-refractivity contribution >= 4 is 15.9 Å². The Labute approximate surface area is 88.2 Å². The van der Waals surface area contributed by atoms with Gasteiger partial charge in [-0.1, -0.05) is 0 Å². The van der Waals surface area contributed by atoms with E-state index in [1.165, 1.54) is 12.1 Å². The van der Waals surface area contributed by atoms with Crippen LogP contribution in [-0.4, -0.2) is 18.5 Å². The van der Waals surface area contributed by atoms with E-state index in [9.17, 15) is 13.5 Å². The van der Waals surface area contributed by atoms with Crippen molar-refractivity contribution in [2.75, 3.05) is 0 Å². The number of hydrogen-bond acceptors (Lipinski definition) is 4. The topological polar surface area (TPSA) is 67.3 Å². The summed E-state index contributed by atoms with van der Waals surface area (Å²) in [6.45, 7) is 3.26. The third kappa shape index (κ3) is 1.34. The maximum Gasteiger partial charge on any atom is 0.211 e. The molecule has 0 unspecified atom stereocenters. The molecule has 0 amide bonds. The Balaban J connectivity index is 2.77. The standard InChI is InChI=1S/C10H11NO3S/c1-10(2)7-3-4-9(12)11-8(7)5-6-15(10,13)14/h3-6H,1-2H3,(H,11,12). The molecule has 5 heteroatoms. The van der Waals surface area contributed by atoms with E-state index in [1.54, 1.807) is 19.9 Å². The maximum atomic E-state index is 11.8. The molecule has 1 aromatic rings. The Morgan fingerprint density at radius 3 is 2.67 bits per heavy atom. The minimum absolute atomic E-state index is 0.103. The molecule has 15 heavy (non-hydrogen) atoms. The highest BCUT2D eigenvalue weighted by Gasteiger charge is 2.38. The highest BCUT2D eigenvalue weighted by molar-refractivity contribution is 7.95. The molecule has 80 valence electrons. The van der Waals surface area contributed by atoms with Gasteiger partial charge in [0.1, 0.15) is 0 Å². The van der Waals surface area contributed by atoms with Gasteiger partial charge in [-0.15, -0.1) is 0 Å². The van der Waals surface area contributed by atoms with Crippen LogP contribution >= 0.6 is 0 Å². The molecule has 0 atom stereocenters. The van der Waals surface area contributed by atoms with Crippen LogP contribution in [0.15, 0.2) is 17.5 Å². The number of hydrogen-bond donors (Lipinski definition) is 1. The molecule has 1 aromatic heterocycles. The van der Waals surface area contributed by atoms with Gasteiger partial charge in [0.05, 0.1) is 10.4 Å². The molecule has 2 rings (SSSR count). The lowest BCUT2D eigenvalue weighted by Crippen LogP contribution is -2.30. The molecule has 0 saturated heterocycles. The zero-order valence-corrected chi connectivity index (χ0v) is 9.25. The molecule has 0 spiro atoms. The average Bonchev–Trinajstić information content (AvgIpc) is 2.12. The van der Waals surface area contributed by atoms with Gasteiger partial charge in [-0.2, -0.15) is 0 Å². The summed E-state index contributed by atoms with van der Waals surface area (Å²) < 4.78 is 22.6. The Morgan fingerprint density at radius 1 is 1.33 bits per heavy atom. The second-order valence-corrected chi connectivity index (χ2v) is 6.34. The van der Waals surface area contributed by atoms with Crippen LogP contribution in [-0.2, 0) is 14.6 Å². The third-order valence-electron chi connectivity index (χ3n) is 2.68. The fourth-order valence-corrected chi connectivity index (χ4v) is 2.71. The zero-order chi connectivity index (χ0) is 11.3. The van der Waals surface area contributed by atoms with Gasteiger partial charge in [-0.05, 0) is 31.6 Å². The average molecular weight is 225 g/mol. The predicted octanol–water partition coefficient (Wildman–Crippen LogP) is 1.42. The van der Waals surface area contributed by atoms with E-state index >= 15 is 0 Å². The Bertz CT molecular complexity index is 544. The van der Waals surface area contributed by atoms with Crippen LogP contribution in [0.1, 0.15) is 25.1 Å². The van der Waals surface area contributed by atoms with E-state index in [4.69, 9.17) is 0 Å². The SMILES string of the molecule is CC1(C)c2ccc(O)nc2C=CS1(=O)=O. The van der Waals surface area contributed by atoms with Crippen LogP contribution in [0.4, 0.5) is 0 Å². The quantitative estimate of drug-likeness (QED) is 0.725. The Morgan fingerprint density at radius 2 is 2.00 bits per heavy atom. The van der Waals surface area contributed by atoms with Crippen LogP contribution in [0, 0.1) is 0 Å². The molecule has 0 saturated carbocycles. The van der Waals surface area contributed by atoms with E-state index < -0.39 is 14.6 Å². The third-order valence-corrected chi connectivity index (χ3v) is 4.81. The van der Waals surface area contributed by atoms with Crippen LogP contribution in [0.5, 0.6) is 5.88 Å². The van der Waals surface area contributed by atoms with Gasteiger partial charge in [-0.3, -0.25) is 0 Å². The van der Waals surface area contributed by atoms with Crippen molar-refractivity contribution in [3.05, 3.63) is 28.8 Å². The van der Waals surface area contributed by atoms with Crippen molar-refractivity contribution in [1.29, 1.82) is 0 Å². The maximum absolute atomic E-state index is 11.8. The first kappa shape index (κ1) is 10.2. The number of nitrogens with zero attached hydrogens (tertiary/aromatic N) is 1. The summed E-state index contributed by atoms with van der Waals surface area (Å²) in [7, 11) is -3.29. The summed E-state index contributed by atoms with van der Waals surface area (Å²) in [5, 5.41) is 10.3. The summed E-state index contributed by atoms with van der Waals surface area (Å²) in [5.74, 6) is -0.103. The van der Waals surface area contributed by atoms with Crippen molar-refractivity contribution in [3.8, 4) is 5.88 Å². The lowest BCUT2D eigenvalue weighted by molar-refractivity contribution is 0.451. The molecule has 0 aromatic carbocycles. The highest BCUT2D eigenvalue weighted by Crippen LogP contribution is 2.37. The van der Waals surface area contributed by atoms with Crippen LogP contribution in [0.3, 0.4) is 0 Å². The second kappa shape index (κ2) is 2.82. The van der Waals surface area contributed by atoms with E-state index in [2.05, 4.69) is 4.98 Å². The molecule has 1 aliphatic heterocycles. The molecule has 1 aliphatic rings. The Hall–Kier alpha value is -1.36. The minimum atomic E-state index is -3.29. The molecule has 1 N–H and O–H groups in total. The van der Waals surface area contributed by atoms with Crippen LogP contribution in [0.2, 0.25) is 0 Å². The summed E-state index contributed by atoms with van der Waals surface area (Å²) in [5.41, 5.74) is 1.12. The highest BCUT2D eigenvalue weighted by atomic mass is 32.2. The van der Waals surface area contributed by atoms with E-state index in [1.807, 2.05) is 0 Å². The van der Waals surface area contributed by atoms with Crippen molar-refractivity contribution in [2.24, 2.45) is 0 Å². The number of aromatic hydroxyl groups is 1. The molecule has 2 heterocycles. The van der Waals surface area contributed by atoms with Crippen LogP contribution < -0.4 is 0 Å². The van der Waals surface area contributed by atoms with Gasteiger partial charge in [0.2, 0.25) is 5.88 Å². The van der Waals surface area contributed by atoms with Crippen molar-refractivity contribution in [1.82, 2.24) is 4.98 Å². The van der Waals surface area contributed by atoms with Gasteiger partial charge in [-0.25, -0.2) is 13.4 Å². The van der Waals surface area contributed by atoms with Crippen molar-refractivity contribution in [3.63, 3.8) is 0 Å². The smallest absolute Gasteiger partial charge is 0.211 e. The fourth-order valence-electron chi connectivity index (χ4n) is 1.58. The van der Waals surface area contributed by atoms with E-state index in [0.29, 0.717) is 11.3 Å². The predicted molar refractivity (Wildman–Crippen MR) is 56.9 cm³/mol. The van der Waals surface area contributed by atoms with E-state index in [0.717, 1.165) is 5.41 Å². The van der Waals surface area contributed by atoms with Crippen LogP contribution in [0.25, 0.3) is 6.08 Å². The molecular weight excluding hydrogens is 214 g/mol. The molecule has 0 aliphatic carbocycles. The lowest BCUT2D eigenvalue weighted by atomic mass is 10.00. The van der Waals surface area contributed by atoms with Gasteiger partial charge in [0, 0.05) is 11.5 Å². The normalized spacial score (nSPS) is 20.9. The number of sulfone groups is 1. The van der Waals surface area contributed by atoms with Gasteiger partial charge in [0.15, 0.2) is 9.84 Å². The molecule has 0 fully saturated rings. The second-order valence-electron chi connectivity index (χ2n) is 3.96. The number of aromatic nitrogens is 1. The first-order chi connectivity index (χ1) is 6.84. The monoisotopic (exact) mass is 225 g/mol. The van der Waals surface area contributed by atoms with Gasteiger partial charge >= 0.3 is 0 Å². The molecular formula is C10H11NO3S. The summed E-state index contributed by atoms with van der Waals surface area (Å²) in [4.78, 5) is 3.88. The zero-order valence-electron chi connectivity index (χ0n) is 8.43. The fraction of sp³-hybridized carbons (Fsp3) is 0.300. The van der Waals surface area contributed by atoms with Crippen molar-refractivity contribution < 1.29 is 13.5 Å². The summed E-state index contributed by atoms with van der Waals surface area (Å²) in [6.07, 6.45) is 1.41. The summed E-state index contributed by atoms with van der Waals surface area (Å²) >= 11 is 0. The first-order valence-corrected chi connectivity index (χ1v) is 6.02. The Kier molecular flexibility index (Phi) is 1.91. The number of rotatable bonds is 0. The molecule has 0 radical (unpaired) electrons. The minimum Gasteiger partial charge on any atom is -0.493 e. The molecule has 0 bridgehead atoms. The lowest BCUT2D eigenvalue weighted by Gasteiger charge is -2.27. The summed E-state index contributed by atoms with van der Waals surface area (Å²) in [6, 6.07) is 2.99. The first-order valence-electron chi connectivity index (χ1n) is 4.48. The largest absolute Gasteiger partial charge is 0.493 e. The number of fused-ring (bicyclic) bond motifs is 1. The number of pyridine rings is 1. The van der Waals surface area contributed by atoms with Crippen molar-refractivity contribution in [2.45, 2.75) is 18.6 Å². The van der Waals surface area contributed by atoms with Gasteiger partial charge < -0.3 is 5.11 Å². The van der Waals surface area contributed by atoms with Gasteiger partial charge in [0.25, 0.3) is 0 Å². The van der Waals surface area contributed by atoms with E-state index in [-0.39, 0.29) is 5.88 Å². The molecule has 4 nitrogen and oxygen atoms in total.